The maximum absolute atomic E-state index is 12.5. The van der Waals surface area contributed by atoms with E-state index in [4.69, 9.17) is 16.3 Å². The van der Waals surface area contributed by atoms with Crippen molar-refractivity contribution >= 4 is 23.2 Å². The molecule has 1 amide bonds. The minimum Gasteiger partial charge on any atom is -0.489 e. The van der Waals surface area contributed by atoms with Gasteiger partial charge in [0.2, 0.25) is 0 Å². The predicted octanol–water partition coefficient (Wildman–Crippen LogP) is 4.03. The Morgan fingerprint density at radius 3 is 2.81 bits per heavy atom. The maximum Gasteiger partial charge on any atom is 0.276 e. The lowest BCUT2D eigenvalue weighted by molar-refractivity contribution is 0.102. The van der Waals surface area contributed by atoms with Crippen molar-refractivity contribution in [3.05, 3.63) is 41.2 Å². The Morgan fingerprint density at radius 1 is 1.22 bits per heavy atom. The molecule has 4 rings (SSSR count). The van der Waals surface area contributed by atoms with Crippen LogP contribution < -0.4 is 15.4 Å². The van der Waals surface area contributed by atoms with E-state index in [0.717, 1.165) is 38.8 Å². The van der Waals surface area contributed by atoms with Gasteiger partial charge in [-0.15, -0.1) is 0 Å². The van der Waals surface area contributed by atoms with E-state index in [-0.39, 0.29) is 12.0 Å². The van der Waals surface area contributed by atoms with E-state index in [1.165, 1.54) is 12.8 Å². The molecule has 144 valence electrons. The molecule has 0 bridgehead atoms. The molecule has 27 heavy (non-hydrogen) atoms. The van der Waals surface area contributed by atoms with Crippen LogP contribution in [0.15, 0.2) is 30.5 Å². The van der Waals surface area contributed by atoms with E-state index in [0.29, 0.717) is 28.2 Å². The normalized spacial score (nSPS) is 20.6. The first-order valence-corrected chi connectivity index (χ1v) is 10.1. The van der Waals surface area contributed by atoms with E-state index in [1.54, 1.807) is 12.1 Å². The summed E-state index contributed by atoms with van der Waals surface area (Å²) in [5, 5.41) is 11.2. The number of ether oxygens (including phenoxy) is 1. The minimum absolute atomic E-state index is 0.238. The summed E-state index contributed by atoms with van der Waals surface area (Å²) in [6.07, 6.45) is 8.90. The van der Waals surface area contributed by atoms with Crippen molar-refractivity contribution in [3.63, 3.8) is 0 Å². The molecule has 2 aliphatic rings. The van der Waals surface area contributed by atoms with Gasteiger partial charge in [0.15, 0.2) is 5.69 Å². The number of hydrogen-bond acceptors (Lipinski definition) is 4. The van der Waals surface area contributed by atoms with E-state index in [9.17, 15) is 4.79 Å². The fourth-order valence-corrected chi connectivity index (χ4v) is 4.00. The molecule has 7 heteroatoms. The zero-order valence-electron chi connectivity index (χ0n) is 15.3. The summed E-state index contributed by atoms with van der Waals surface area (Å²) >= 11 is 6.34. The monoisotopic (exact) mass is 388 g/mol. The van der Waals surface area contributed by atoms with Crippen LogP contribution in [0.2, 0.25) is 5.02 Å². The molecule has 2 heterocycles. The zero-order valence-corrected chi connectivity index (χ0v) is 16.0. The molecule has 1 saturated carbocycles. The summed E-state index contributed by atoms with van der Waals surface area (Å²) in [5.74, 6) is 0.439. The van der Waals surface area contributed by atoms with Gasteiger partial charge in [0, 0.05) is 18.4 Å². The summed E-state index contributed by atoms with van der Waals surface area (Å²) in [6, 6.07) is 7.43. The van der Waals surface area contributed by atoms with Crippen molar-refractivity contribution in [1.29, 1.82) is 0 Å². The second-order valence-corrected chi connectivity index (χ2v) is 7.71. The third-order valence-corrected chi connectivity index (χ3v) is 5.57. The highest BCUT2D eigenvalue weighted by Crippen LogP contribution is 2.31. The number of rotatable bonds is 5. The lowest BCUT2D eigenvalue weighted by Crippen LogP contribution is -2.32. The summed E-state index contributed by atoms with van der Waals surface area (Å²) in [6.45, 7) is 1.94. The summed E-state index contributed by atoms with van der Waals surface area (Å²) in [7, 11) is 0. The number of carbonyl (C=O) groups is 1. The van der Waals surface area contributed by atoms with Crippen LogP contribution in [0.3, 0.4) is 0 Å². The highest BCUT2D eigenvalue weighted by molar-refractivity contribution is 6.32. The summed E-state index contributed by atoms with van der Waals surface area (Å²) in [5.41, 5.74) is 1.04. The van der Waals surface area contributed by atoms with Gasteiger partial charge in [0.05, 0.1) is 17.2 Å². The molecule has 1 aromatic carbocycles. The second kappa shape index (κ2) is 8.31. The number of anilines is 1. The highest BCUT2D eigenvalue weighted by Gasteiger charge is 2.19. The Balaban J connectivity index is 1.39. The van der Waals surface area contributed by atoms with Gasteiger partial charge in [-0.3, -0.25) is 9.48 Å². The van der Waals surface area contributed by atoms with Crippen LogP contribution in [-0.4, -0.2) is 34.9 Å². The number of piperidine rings is 1. The van der Waals surface area contributed by atoms with E-state index in [1.807, 2.05) is 23.0 Å². The highest BCUT2D eigenvalue weighted by atomic mass is 35.5. The third kappa shape index (κ3) is 4.45. The number of aromatic nitrogens is 2. The Bertz CT molecular complexity index is 795. The minimum atomic E-state index is -0.238. The topological polar surface area (TPSA) is 68.2 Å². The summed E-state index contributed by atoms with van der Waals surface area (Å²) < 4.78 is 7.84. The van der Waals surface area contributed by atoms with Crippen molar-refractivity contribution in [2.24, 2.45) is 0 Å². The number of halogens is 1. The molecule has 2 fully saturated rings. The second-order valence-electron chi connectivity index (χ2n) is 7.30. The van der Waals surface area contributed by atoms with Gasteiger partial charge in [-0.2, -0.15) is 5.10 Å². The van der Waals surface area contributed by atoms with Crippen molar-refractivity contribution in [1.82, 2.24) is 15.1 Å². The van der Waals surface area contributed by atoms with Gasteiger partial charge >= 0.3 is 0 Å². The molecule has 1 saturated heterocycles. The lowest BCUT2D eigenvalue weighted by atomic mass is 10.1. The fourth-order valence-electron chi connectivity index (χ4n) is 3.78. The fraction of sp³-hybridized carbons (Fsp3) is 0.500. The van der Waals surface area contributed by atoms with Gasteiger partial charge in [-0.05, 0) is 69.3 Å². The molecule has 2 aromatic rings. The van der Waals surface area contributed by atoms with Crippen LogP contribution in [0.4, 0.5) is 5.69 Å². The molecule has 1 atom stereocenters. The Kier molecular flexibility index (Phi) is 5.64. The van der Waals surface area contributed by atoms with Crippen LogP contribution >= 0.6 is 11.6 Å². The van der Waals surface area contributed by atoms with E-state index >= 15 is 0 Å². The van der Waals surface area contributed by atoms with Crippen LogP contribution in [0.25, 0.3) is 0 Å². The van der Waals surface area contributed by atoms with Crippen LogP contribution in [0, 0.1) is 0 Å². The first kappa shape index (κ1) is 18.3. The third-order valence-electron chi connectivity index (χ3n) is 5.27. The van der Waals surface area contributed by atoms with Crippen LogP contribution in [-0.2, 0) is 0 Å². The predicted molar refractivity (Wildman–Crippen MR) is 106 cm³/mol. The van der Waals surface area contributed by atoms with Gasteiger partial charge in [-0.1, -0.05) is 11.6 Å². The smallest absolute Gasteiger partial charge is 0.276 e. The molecule has 1 aliphatic carbocycles. The van der Waals surface area contributed by atoms with Gasteiger partial charge in [0.25, 0.3) is 5.91 Å². The average Bonchev–Trinajstić information content (AvgIpc) is 3.37. The number of nitrogens with zero attached hydrogens (tertiary/aromatic N) is 2. The van der Waals surface area contributed by atoms with E-state index < -0.39 is 0 Å². The molecule has 1 unspecified atom stereocenters. The average molecular weight is 389 g/mol. The van der Waals surface area contributed by atoms with Gasteiger partial charge < -0.3 is 15.4 Å². The van der Waals surface area contributed by atoms with Gasteiger partial charge in [-0.25, -0.2) is 0 Å². The molecular weight excluding hydrogens is 364 g/mol. The van der Waals surface area contributed by atoms with Crippen LogP contribution in [0.5, 0.6) is 5.75 Å². The maximum atomic E-state index is 12.5. The number of amides is 1. The largest absolute Gasteiger partial charge is 0.489 e. The van der Waals surface area contributed by atoms with Crippen LogP contribution in [0.1, 0.15) is 55.1 Å². The standard InChI is InChI=1S/C20H25ClN4O2/c21-17-12-14(7-8-19(17)27-16-5-1-2-6-16)23-20(26)18-9-11-25(24-18)15-4-3-10-22-13-15/h7-9,11-12,15-16,22H,1-6,10,13H2,(H,23,26). The Labute approximate surface area is 164 Å². The molecule has 0 radical (unpaired) electrons. The van der Waals surface area contributed by atoms with Crippen molar-refractivity contribution in [2.45, 2.75) is 50.7 Å². The van der Waals surface area contributed by atoms with Gasteiger partial charge in [0.1, 0.15) is 5.75 Å². The lowest BCUT2D eigenvalue weighted by Gasteiger charge is -2.22. The summed E-state index contributed by atoms with van der Waals surface area (Å²) in [4.78, 5) is 12.5. The Hall–Kier alpha value is -2.05. The number of benzene rings is 1. The molecule has 0 spiro atoms. The zero-order chi connectivity index (χ0) is 18.6. The number of carbonyl (C=O) groups excluding carboxylic acids is 1. The Morgan fingerprint density at radius 2 is 2.07 bits per heavy atom. The molecular formula is C20H25ClN4O2. The number of nitrogens with one attached hydrogen (secondary N) is 2. The first-order chi connectivity index (χ1) is 13.2. The quantitative estimate of drug-likeness (QED) is 0.811. The molecule has 6 nitrogen and oxygen atoms in total. The molecule has 1 aromatic heterocycles. The molecule has 1 aliphatic heterocycles. The molecule has 2 N–H and O–H groups in total. The SMILES string of the molecule is O=C(Nc1ccc(OC2CCCC2)c(Cl)c1)c1ccn(C2CCCNC2)n1. The van der Waals surface area contributed by atoms with Crippen molar-refractivity contribution in [3.8, 4) is 5.75 Å². The number of hydrogen-bond donors (Lipinski definition) is 2. The van der Waals surface area contributed by atoms with Crippen molar-refractivity contribution < 1.29 is 9.53 Å². The first-order valence-electron chi connectivity index (χ1n) is 9.72. The van der Waals surface area contributed by atoms with E-state index in [2.05, 4.69) is 15.7 Å². The van der Waals surface area contributed by atoms with Crippen molar-refractivity contribution in [2.75, 3.05) is 18.4 Å².